The monoisotopic (exact) mass is 278 g/mol. The van der Waals surface area contributed by atoms with E-state index in [1.807, 2.05) is 0 Å². The molecular formula is C13H14N2O5. The highest BCUT2D eigenvalue weighted by molar-refractivity contribution is 6.25. The van der Waals surface area contributed by atoms with Crippen LogP contribution in [0.3, 0.4) is 0 Å². The highest BCUT2D eigenvalue weighted by Gasteiger charge is 2.27. The number of ketones is 1. The molecular weight excluding hydrogens is 264 g/mol. The Morgan fingerprint density at radius 3 is 2.60 bits per heavy atom. The molecule has 7 heteroatoms. The second-order valence-electron chi connectivity index (χ2n) is 3.67. The van der Waals surface area contributed by atoms with Gasteiger partial charge in [0.25, 0.3) is 5.69 Å². The molecule has 0 amide bonds. The summed E-state index contributed by atoms with van der Waals surface area (Å²) in [6.45, 7) is 1.70. The molecule has 0 aliphatic heterocycles. The summed E-state index contributed by atoms with van der Waals surface area (Å²) >= 11 is 0. The van der Waals surface area contributed by atoms with Crippen molar-refractivity contribution in [3.8, 4) is 0 Å². The molecule has 0 saturated carbocycles. The summed E-state index contributed by atoms with van der Waals surface area (Å²) in [7, 11) is 1.51. The second-order valence-corrected chi connectivity index (χ2v) is 3.67. The summed E-state index contributed by atoms with van der Waals surface area (Å²) in [6, 6.07) is 5.43. The van der Waals surface area contributed by atoms with Crippen molar-refractivity contribution < 1.29 is 19.2 Å². The van der Waals surface area contributed by atoms with Crippen molar-refractivity contribution >= 4 is 17.4 Å². The maximum atomic E-state index is 12.3. The Bertz CT molecular complexity index is 566. The van der Waals surface area contributed by atoms with Crippen LogP contribution < -0.4 is 5.32 Å². The van der Waals surface area contributed by atoms with Gasteiger partial charge in [-0.3, -0.25) is 14.9 Å². The number of nitrogens with one attached hydrogen (secondary N) is 1. The van der Waals surface area contributed by atoms with Gasteiger partial charge in [-0.15, -0.1) is 0 Å². The minimum atomic E-state index is -0.829. The predicted octanol–water partition coefficient (Wildman–Crippen LogP) is 1.44. The summed E-state index contributed by atoms with van der Waals surface area (Å²) in [5.41, 5.74) is -0.806. The van der Waals surface area contributed by atoms with Gasteiger partial charge in [-0.2, -0.15) is 0 Å². The highest BCUT2D eigenvalue weighted by atomic mass is 16.6. The molecule has 0 heterocycles. The third-order valence-corrected chi connectivity index (χ3v) is 2.37. The number of esters is 1. The van der Waals surface area contributed by atoms with Gasteiger partial charge in [-0.1, -0.05) is 12.1 Å². The van der Waals surface area contributed by atoms with Gasteiger partial charge in [0.2, 0.25) is 5.78 Å². The average Bonchev–Trinajstić information content (AvgIpc) is 2.44. The van der Waals surface area contributed by atoms with Crippen LogP contribution in [0.25, 0.3) is 0 Å². The lowest BCUT2D eigenvalue weighted by Crippen LogP contribution is -2.19. The fourth-order valence-corrected chi connectivity index (χ4v) is 1.54. The van der Waals surface area contributed by atoms with Gasteiger partial charge in [0, 0.05) is 19.3 Å². The van der Waals surface area contributed by atoms with Gasteiger partial charge >= 0.3 is 5.97 Å². The van der Waals surface area contributed by atoms with Crippen LogP contribution in [0.2, 0.25) is 0 Å². The van der Waals surface area contributed by atoms with E-state index in [1.165, 1.54) is 31.3 Å². The molecule has 0 bridgehead atoms. The van der Waals surface area contributed by atoms with Crippen LogP contribution in [-0.2, 0) is 9.53 Å². The van der Waals surface area contributed by atoms with Gasteiger partial charge in [0.05, 0.1) is 11.5 Å². The van der Waals surface area contributed by atoms with E-state index in [4.69, 9.17) is 4.74 Å². The lowest BCUT2D eigenvalue weighted by Gasteiger charge is -2.06. The maximum Gasteiger partial charge on any atom is 0.343 e. The molecule has 0 saturated heterocycles. The molecule has 0 unspecified atom stereocenters. The molecule has 1 rings (SSSR count). The van der Waals surface area contributed by atoms with Crippen molar-refractivity contribution in [2.75, 3.05) is 13.7 Å². The van der Waals surface area contributed by atoms with E-state index in [0.29, 0.717) is 0 Å². The molecule has 0 radical (unpaired) electrons. The Morgan fingerprint density at radius 1 is 1.40 bits per heavy atom. The van der Waals surface area contributed by atoms with E-state index in [-0.39, 0.29) is 23.4 Å². The number of ether oxygens (including phenoxy) is 1. The average molecular weight is 278 g/mol. The number of nitro benzene ring substituents is 1. The van der Waals surface area contributed by atoms with Crippen LogP contribution in [0.5, 0.6) is 0 Å². The standard InChI is InChI=1S/C13H14N2O5/c1-3-20-13(17)10(8-14-2)12(16)9-6-4-5-7-11(9)15(18)19/h4-8,14H,3H2,1-2H3. The highest BCUT2D eigenvalue weighted by Crippen LogP contribution is 2.21. The van der Waals surface area contributed by atoms with E-state index >= 15 is 0 Å². The Balaban J connectivity index is 3.24. The fraction of sp³-hybridized carbons (Fsp3) is 0.231. The van der Waals surface area contributed by atoms with Gasteiger partial charge in [-0.25, -0.2) is 4.79 Å². The van der Waals surface area contributed by atoms with Crippen molar-refractivity contribution in [2.24, 2.45) is 0 Å². The van der Waals surface area contributed by atoms with Crippen LogP contribution >= 0.6 is 0 Å². The molecule has 0 spiro atoms. The van der Waals surface area contributed by atoms with Gasteiger partial charge in [0.1, 0.15) is 11.1 Å². The first-order valence-corrected chi connectivity index (χ1v) is 5.85. The van der Waals surface area contributed by atoms with E-state index in [2.05, 4.69) is 5.32 Å². The number of rotatable bonds is 6. The Labute approximate surface area is 115 Å². The lowest BCUT2D eigenvalue weighted by molar-refractivity contribution is -0.385. The number of hydrogen-bond acceptors (Lipinski definition) is 6. The minimum absolute atomic E-state index is 0.101. The van der Waals surface area contributed by atoms with Crippen molar-refractivity contribution in [2.45, 2.75) is 6.92 Å². The van der Waals surface area contributed by atoms with Gasteiger partial charge in [-0.05, 0) is 13.0 Å². The molecule has 1 aromatic rings. The van der Waals surface area contributed by atoms with E-state index in [9.17, 15) is 19.7 Å². The quantitative estimate of drug-likeness (QED) is 0.161. The largest absolute Gasteiger partial charge is 0.462 e. The van der Waals surface area contributed by atoms with E-state index in [0.717, 1.165) is 6.20 Å². The molecule has 0 aliphatic rings. The fourth-order valence-electron chi connectivity index (χ4n) is 1.54. The van der Waals surface area contributed by atoms with Crippen molar-refractivity contribution in [3.05, 3.63) is 51.7 Å². The summed E-state index contributed by atoms with van der Waals surface area (Å²) in [5, 5.41) is 13.5. The molecule has 20 heavy (non-hydrogen) atoms. The third kappa shape index (κ3) is 3.41. The number of nitro groups is 1. The van der Waals surface area contributed by atoms with Crippen molar-refractivity contribution in [3.63, 3.8) is 0 Å². The molecule has 1 N–H and O–H groups in total. The van der Waals surface area contributed by atoms with Crippen molar-refractivity contribution in [1.82, 2.24) is 5.32 Å². The maximum absolute atomic E-state index is 12.3. The van der Waals surface area contributed by atoms with Crippen molar-refractivity contribution in [1.29, 1.82) is 0 Å². The Kier molecular flexibility index (Phi) is 5.40. The molecule has 106 valence electrons. The number of para-hydroxylation sites is 1. The second kappa shape index (κ2) is 7.03. The minimum Gasteiger partial charge on any atom is -0.462 e. The number of carbonyl (C=O) groups is 2. The van der Waals surface area contributed by atoms with Crippen LogP contribution in [0.1, 0.15) is 17.3 Å². The summed E-state index contributed by atoms with van der Waals surface area (Å²) in [4.78, 5) is 34.2. The summed E-state index contributed by atoms with van der Waals surface area (Å²) in [5.74, 6) is -1.59. The van der Waals surface area contributed by atoms with Crippen LogP contribution in [0.15, 0.2) is 36.0 Å². The van der Waals surface area contributed by atoms with E-state index in [1.54, 1.807) is 6.92 Å². The predicted molar refractivity (Wildman–Crippen MR) is 71.2 cm³/mol. The number of hydrogen-bond donors (Lipinski definition) is 1. The molecule has 1 aromatic carbocycles. The first-order chi connectivity index (χ1) is 9.52. The van der Waals surface area contributed by atoms with Gasteiger partial charge < -0.3 is 10.1 Å². The first-order valence-electron chi connectivity index (χ1n) is 5.85. The zero-order valence-corrected chi connectivity index (χ0v) is 11.1. The summed E-state index contributed by atoms with van der Waals surface area (Å²) in [6.07, 6.45) is 1.16. The Morgan fingerprint density at radius 2 is 2.05 bits per heavy atom. The van der Waals surface area contributed by atoms with Crippen LogP contribution in [0.4, 0.5) is 5.69 Å². The number of Topliss-reactive ketones (excluding diaryl/α,β-unsaturated/α-hetero) is 1. The smallest absolute Gasteiger partial charge is 0.343 e. The number of nitrogens with zero attached hydrogens (tertiary/aromatic N) is 1. The molecule has 7 nitrogen and oxygen atoms in total. The van der Waals surface area contributed by atoms with E-state index < -0.39 is 16.7 Å². The zero-order valence-electron chi connectivity index (χ0n) is 11.1. The lowest BCUT2D eigenvalue weighted by atomic mass is 10.0. The van der Waals surface area contributed by atoms with Crippen LogP contribution in [0, 0.1) is 10.1 Å². The zero-order chi connectivity index (χ0) is 15.1. The summed E-state index contributed by atoms with van der Waals surface area (Å²) < 4.78 is 4.76. The Hall–Kier alpha value is -2.70. The molecule has 0 fully saturated rings. The first kappa shape index (κ1) is 15.4. The molecule has 0 atom stereocenters. The topological polar surface area (TPSA) is 98.5 Å². The SMILES string of the molecule is CCOC(=O)C(=CNC)C(=O)c1ccccc1[N+](=O)[O-]. The molecule has 0 aliphatic carbocycles. The number of benzene rings is 1. The normalized spacial score (nSPS) is 10.8. The number of carbonyl (C=O) groups excluding carboxylic acids is 2. The third-order valence-electron chi connectivity index (χ3n) is 2.37. The van der Waals surface area contributed by atoms with Crippen LogP contribution in [-0.4, -0.2) is 30.3 Å². The molecule has 0 aromatic heterocycles. The van der Waals surface area contributed by atoms with Gasteiger partial charge in [0.15, 0.2) is 0 Å².